The summed E-state index contributed by atoms with van der Waals surface area (Å²) in [5.41, 5.74) is 2.35. The van der Waals surface area contributed by atoms with Crippen molar-refractivity contribution >= 4 is 29.0 Å². The number of aryl methyl sites for hydroxylation is 1. The molecule has 2 aromatic carbocycles. The molecule has 20 heavy (non-hydrogen) atoms. The second kappa shape index (κ2) is 6.29. The number of rotatable bonds is 4. The summed E-state index contributed by atoms with van der Waals surface area (Å²) in [6, 6.07) is 10.6. The normalized spacial score (nSPS) is 10.4. The fourth-order valence-corrected chi connectivity index (χ4v) is 2.42. The maximum absolute atomic E-state index is 12.4. The molecule has 2 rings (SSSR count). The highest BCUT2D eigenvalue weighted by molar-refractivity contribution is 6.35. The van der Waals surface area contributed by atoms with Gasteiger partial charge in [0.15, 0.2) is 5.78 Å². The summed E-state index contributed by atoms with van der Waals surface area (Å²) >= 11 is 12.0. The van der Waals surface area contributed by atoms with Crippen molar-refractivity contribution in [3.05, 3.63) is 63.1 Å². The van der Waals surface area contributed by atoms with E-state index in [0.717, 1.165) is 11.1 Å². The highest BCUT2D eigenvalue weighted by atomic mass is 35.5. The number of methoxy groups -OCH3 is 1. The van der Waals surface area contributed by atoms with Crippen LogP contribution in [0, 0.1) is 6.92 Å². The van der Waals surface area contributed by atoms with Gasteiger partial charge in [0.05, 0.1) is 12.1 Å². The first-order valence-corrected chi connectivity index (χ1v) is 6.88. The second-order valence-corrected chi connectivity index (χ2v) is 5.38. The van der Waals surface area contributed by atoms with E-state index < -0.39 is 0 Å². The predicted molar refractivity (Wildman–Crippen MR) is 82.2 cm³/mol. The van der Waals surface area contributed by atoms with Crippen molar-refractivity contribution in [1.82, 2.24) is 0 Å². The van der Waals surface area contributed by atoms with Crippen molar-refractivity contribution in [2.24, 2.45) is 0 Å². The molecule has 0 aliphatic heterocycles. The van der Waals surface area contributed by atoms with Crippen LogP contribution in [0.3, 0.4) is 0 Å². The van der Waals surface area contributed by atoms with Crippen LogP contribution in [0.25, 0.3) is 0 Å². The zero-order valence-electron chi connectivity index (χ0n) is 11.2. The molecule has 0 aromatic heterocycles. The third kappa shape index (κ3) is 3.33. The Morgan fingerprint density at radius 2 is 1.90 bits per heavy atom. The number of benzene rings is 2. The SMILES string of the molecule is COc1ccc(C)cc1CC(=O)c1cc(Cl)ccc1Cl. The monoisotopic (exact) mass is 308 g/mol. The standard InChI is InChI=1S/C16H14Cl2O2/c1-10-3-6-16(20-2)11(7-10)8-15(19)13-9-12(17)4-5-14(13)18/h3-7,9H,8H2,1-2H3. The van der Waals surface area contributed by atoms with Crippen LogP contribution >= 0.6 is 23.2 Å². The molecular weight excluding hydrogens is 295 g/mol. The summed E-state index contributed by atoms with van der Waals surface area (Å²) < 4.78 is 5.28. The van der Waals surface area contributed by atoms with E-state index in [1.54, 1.807) is 25.3 Å². The Morgan fingerprint density at radius 3 is 2.60 bits per heavy atom. The molecule has 0 spiro atoms. The van der Waals surface area contributed by atoms with Gasteiger partial charge in [-0.2, -0.15) is 0 Å². The molecule has 0 saturated carbocycles. The Bertz CT molecular complexity index is 651. The van der Waals surface area contributed by atoms with Gasteiger partial charge in [-0.05, 0) is 31.2 Å². The minimum atomic E-state index is -0.0820. The summed E-state index contributed by atoms with van der Waals surface area (Å²) in [7, 11) is 1.59. The lowest BCUT2D eigenvalue weighted by Gasteiger charge is -2.10. The smallest absolute Gasteiger partial charge is 0.168 e. The summed E-state index contributed by atoms with van der Waals surface area (Å²) in [4.78, 5) is 12.4. The van der Waals surface area contributed by atoms with Crippen LogP contribution < -0.4 is 4.74 Å². The summed E-state index contributed by atoms with van der Waals surface area (Å²) in [5, 5.41) is 0.903. The molecule has 4 heteroatoms. The van der Waals surface area contributed by atoms with E-state index in [9.17, 15) is 4.79 Å². The molecule has 104 valence electrons. The lowest BCUT2D eigenvalue weighted by molar-refractivity contribution is 0.0992. The second-order valence-electron chi connectivity index (χ2n) is 4.54. The molecule has 2 aromatic rings. The maximum atomic E-state index is 12.4. The first-order chi connectivity index (χ1) is 9.51. The van der Waals surface area contributed by atoms with Gasteiger partial charge >= 0.3 is 0 Å². The molecule has 0 unspecified atom stereocenters. The van der Waals surface area contributed by atoms with Crippen LogP contribution in [-0.2, 0) is 6.42 Å². The lowest BCUT2D eigenvalue weighted by Crippen LogP contribution is -2.06. The molecule has 2 nitrogen and oxygen atoms in total. The summed E-state index contributed by atoms with van der Waals surface area (Å²) in [5.74, 6) is 0.614. The Labute approximate surface area is 128 Å². The van der Waals surface area contributed by atoms with Crippen molar-refractivity contribution in [3.8, 4) is 5.75 Å². The Balaban J connectivity index is 2.32. The van der Waals surface area contributed by atoms with Crippen molar-refractivity contribution in [2.45, 2.75) is 13.3 Å². The number of hydrogen-bond acceptors (Lipinski definition) is 2. The third-order valence-electron chi connectivity index (χ3n) is 3.02. The van der Waals surface area contributed by atoms with E-state index in [0.29, 0.717) is 21.4 Å². The summed E-state index contributed by atoms with van der Waals surface area (Å²) in [6.45, 7) is 1.97. The molecule has 0 radical (unpaired) electrons. The van der Waals surface area contributed by atoms with E-state index in [-0.39, 0.29) is 12.2 Å². The zero-order valence-corrected chi connectivity index (χ0v) is 12.8. The van der Waals surface area contributed by atoms with Crippen LogP contribution in [0.1, 0.15) is 21.5 Å². The lowest BCUT2D eigenvalue weighted by atomic mass is 10.0. The molecule has 0 aliphatic rings. The van der Waals surface area contributed by atoms with Crippen LogP contribution in [0.4, 0.5) is 0 Å². The fourth-order valence-electron chi connectivity index (χ4n) is 2.02. The number of Topliss-reactive ketones (excluding diaryl/α,β-unsaturated/α-hetero) is 1. The number of carbonyl (C=O) groups excluding carboxylic acids is 1. The van der Waals surface area contributed by atoms with Crippen molar-refractivity contribution < 1.29 is 9.53 Å². The van der Waals surface area contributed by atoms with Gasteiger partial charge in [-0.15, -0.1) is 0 Å². The van der Waals surface area contributed by atoms with E-state index in [2.05, 4.69) is 0 Å². The molecule has 0 atom stereocenters. The Hall–Kier alpha value is -1.51. The number of halogens is 2. The Morgan fingerprint density at radius 1 is 1.15 bits per heavy atom. The van der Waals surface area contributed by atoms with Gasteiger partial charge in [0, 0.05) is 22.6 Å². The van der Waals surface area contributed by atoms with Gasteiger partial charge < -0.3 is 4.74 Å². The van der Waals surface area contributed by atoms with Crippen LogP contribution in [0.2, 0.25) is 10.0 Å². The molecular formula is C16H14Cl2O2. The number of hydrogen-bond donors (Lipinski definition) is 0. The molecule has 0 fully saturated rings. The highest BCUT2D eigenvalue weighted by Crippen LogP contribution is 2.25. The van der Waals surface area contributed by atoms with Crippen LogP contribution in [-0.4, -0.2) is 12.9 Å². The van der Waals surface area contributed by atoms with E-state index in [4.69, 9.17) is 27.9 Å². The molecule has 0 aliphatic carbocycles. The molecule has 0 amide bonds. The van der Waals surface area contributed by atoms with Crippen LogP contribution in [0.5, 0.6) is 5.75 Å². The highest BCUT2D eigenvalue weighted by Gasteiger charge is 2.14. The number of ether oxygens (including phenoxy) is 1. The minimum Gasteiger partial charge on any atom is -0.496 e. The predicted octanol–water partition coefficient (Wildman–Crippen LogP) is 4.74. The van der Waals surface area contributed by atoms with Crippen molar-refractivity contribution in [2.75, 3.05) is 7.11 Å². The molecule has 0 bridgehead atoms. The van der Waals surface area contributed by atoms with Crippen LogP contribution in [0.15, 0.2) is 36.4 Å². The fraction of sp³-hybridized carbons (Fsp3) is 0.188. The third-order valence-corrected chi connectivity index (χ3v) is 3.58. The average Bonchev–Trinajstić information content (AvgIpc) is 2.41. The molecule has 0 N–H and O–H groups in total. The average molecular weight is 309 g/mol. The first-order valence-electron chi connectivity index (χ1n) is 6.13. The van der Waals surface area contributed by atoms with Crippen molar-refractivity contribution in [3.63, 3.8) is 0 Å². The molecule has 0 heterocycles. The van der Waals surface area contributed by atoms with Gasteiger partial charge in [-0.25, -0.2) is 0 Å². The van der Waals surface area contributed by atoms with Crippen molar-refractivity contribution in [1.29, 1.82) is 0 Å². The Kier molecular flexibility index (Phi) is 4.69. The van der Waals surface area contributed by atoms with Gasteiger partial charge in [0.25, 0.3) is 0 Å². The van der Waals surface area contributed by atoms with Gasteiger partial charge in [-0.3, -0.25) is 4.79 Å². The zero-order chi connectivity index (χ0) is 14.7. The van der Waals surface area contributed by atoms with Gasteiger partial charge in [0.2, 0.25) is 0 Å². The largest absolute Gasteiger partial charge is 0.496 e. The minimum absolute atomic E-state index is 0.0820. The number of ketones is 1. The number of carbonyl (C=O) groups is 1. The molecule has 0 saturated heterocycles. The van der Waals surface area contributed by atoms with E-state index >= 15 is 0 Å². The maximum Gasteiger partial charge on any atom is 0.168 e. The van der Waals surface area contributed by atoms with E-state index in [1.807, 2.05) is 25.1 Å². The van der Waals surface area contributed by atoms with Gasteiger partial charge in [0.1, 0.15) is 5.75 Å². The van der Waals surface area contributed by atoms with E-state index in [1.165, 1.54) is 0 Å². The van der Waals surface area contributed by atoms with Gasteiger partial charge in [-0.1, -0.05) is 40.9 Å². The quantitative estimate of drug-likeness (QED) is 0.763. The first kappa shape index (κ1) is 14.9. The topological polar surface area (TPSA) is 26.3 Å². The summed E-state index contributed by atoms with van der Waals surface area (Å²) in [6.07, 6.45) is 0.227.